The first kappa shape index (κ1) is 15.1. The molecule has 0 N–H and O–H groups in total. The summed E-state index contributed by atoms with van der Waals surface area (Å²) in [7, 11) is 1.74. The van der Waals surface area contributed by atoms with Crippen LogP contribution in [-0.4, -0.2) is 40.9 Å². The monoisotopic (exact) mass is 241 g/mol. The van der Waals surface area contributed by atoms with Crippen LogP contribution in [0.25, 0.3) is 0 Å². The molecule has 1 fully saturated rings. The van der Waals surface area contributed by atoms with Crippen LogP contribution in [0.15, 0.2) is 0 Å². The van der Waals surface area contributed by atoms with Crippen molar-refractivity contribution < 1.29 is 66.1 Å². The summed E-state index contributed by atoms with van der Waals surface area (Å²) in [6.07, 6.45) is 0.503. The van der Waals surface area contributed by atoms with Crippen molar-refractivity contribution in [1.82, 2.24) is 4.90 Å². The first-order valence-corrected chi connectivity index (χ1v) is 4.97. The Morgan fingerprint density at radius 1 is 1.50 bits per heavy atom. The predicted octanol–water partition coefficient (Wildman–Crippen LogP) is -3.91. The third kappa shape index (κ3) is 4.30. The van der Waals surface area contributed by atoms with Gasteiger partial charge in [-0.15, -0.1) is 0 Å². The van der Waals surface area contributed by atoms with Gasteiger partial charge in [0, 0.05) is 18.7 Å². The van der Waals surface area contributed by atoms with Crippen LogP contribution < -0.4 is 56.5 Å². The van der Waals surface area contributed by atoms with Gasteiger partial charge in [-0.25, -0.2) is 0 Å². The van der Waals surface area contributed by atoms with E-state index >= 15 is 0 Å². The van der Waals surface area contributed by atoms with E-state index < -0.39 is 12.0 Å². The molecule has 0 bridgehead atoms. The molecule has 0 unspecified atom stereocenters. The molecule has 1 saturated heterocycles. The first-order valence-electron chi connectivity index (χ1n) is 4.09. The van der Waals surface area contributed by atoms with Crippen LogP contribution in [0.2, 0.25) is 0 Å². The second kappa shape index (κ2) is 6.62. The van der Waals surface area contributed by atoms with Gasteiger partial charge in [-0.05, 0) is 13.5 Å². The summed E-state index contributed by atoms with van der Waals surface area (Å²) < 4.78 is 0. The van der Waals surface area contributed by atoms with E-state index in [1.54, 1.807) is 11.9 Å². The van der Waals surface area contributed by atoms with Crippen LogP contribution in [0.5, 0.6) is 0 Å². The maximum absolute atomic E-state index is 10.8. The fourth-order valence-corrected chi connectivity index (χ4v) is 2.61. The van der Waals surface area contributed by atoms with Gasteiger partial charge in [0.2, 0.25) is 0 Å². The maximum atomic E-state index is 10.8. The number of hydrogen-bond acceptors (Lipinski definition) is 5. The fourth-order valence-electron chi connectivity index (χ4n) is 1.55. The van der Waals surface area contributed by atoms with Crippen molar-refractivity contribution in [2.75, 3.05) is 13.6 Å². The molecule has 0 spiro atoms. The van der Waals surface area contributed by atoms with Crippen LogP contribution >= 0.6 is 11.8 Å². The second-order valence-corrected chi connectivity index (χ2v) is 4.72. The van der Waals surface area contributed by atoms with Crippen molar-refractivity contribution in [2.45, 2.75) is 24.6 Å². The van der Waals surface area contributed by atoms with Gasteiger partial charge in [0.15, 0.2) is 5.12 Å². The standard InChI is InChI=1S/C8H13NO3S.K/c1-5(10)13-6-3-7(8(11)12)9(2)4-6;/h6-7H,3-4H2,1-2H3,(H,11,12);/q;+1/p-1/t6-,7-;/m0./s1. The predicted molar refractivity (Wildman–Crippen MR) is 48.1 cm³/mol. The Morgan fingerprint density at radius 2 is 2.07 bits per heavy atom. The molecule has 0 aromatic heterocycles. The van der Waals surface area contributed by atoms with Gasteiger partial charge >= 0.3 is 51.4 Å². The van der Waals surface area contributed by atoms with E-state index in [1.807, 2.05) is 0 Å². The van der Waals surface area contributed by atoms with Gasteiger partial charge in [0.05, 0.1) is 12.0 Å². The van der Waals surface area contributed by atoms with Crippen molar-refractivity contribution >= 4 is 22.8 Å². The molecule has 1 rings (SSSR count). The minimum absolute atomic E-state index is 0. The molecule has 6 heteroatoms. The molecule has 0 amide bonds. The van der Waals surface area contributed by atoms with Crippen LogP contribution in [0, 0.1) is 0 Å². The summed E-state index contributed by atoms with van der Waals surface area (Å²) in [5.74, 6) is -1.05. The van der Waals surface area contributed by atoms with Crippen molar-refractivity contribution in [3.63, 3.8) is 0 Å². The minimum Gasteiger partial charge on any atom is -0.548 e. The van der Waals surface area contributed by atoms with E-state index in [1.165, 1.54) is 18.7 Å². The summed E-state index contributed by atoms with van der Waals surface area (Å²) in [4.78, 5) is 23.1. The molecule has 0 radical (unpaired) electrons. The second-order valence-electron chi connectivity index (χ2n) is 3.24. The smallest absolute Gasteiger partial charge is 0.548 e. The van der Waals surface area contributed by atoms with Crippen molar-refractivity contribution in [3.05, 3.63) is 0 Å². The zero-order valence-electron chi connectivity index (χ0n) is 8.65. The Hall–Kier alpha value is 1.09. The summed E-state index contributed by atoms with van der Waals surface area (Å²) in [6.45, 7) is 2.14. The average molecular weight is 241 g/mol. The summed E-state index contributed by atoms with van der Waals surface area (Å²) in [6, 6.07) is -0.531. The number of likely N-dealkylation sites (tertiary alicyclic amines) is 1. The molecular formula is C8H12KNO3S. The van der Waals surface area contributed by atoms with Gasteiger partial charge in [0.25, 0.3) is 0 Å². The Balaban J connectivity index is 0.00000169. The van der Waals surface area contributed by atoms with E-state index in [-0.39, 0.29) is 61.7 Å². The van der Waals surface area contributed by atoms with Crippen molar-refractivity contribution in [3.8, 4) is 0 Å². The summed E-state index contributed by atoms with van der Waals surface area (Å²) in [5.41, 5.74) is 0. The number of likely N-dealkylation sites (N-methyl/N-ethyl adjacent to an activating group) is 1. The topological polar surface area (TPSA) is 60.4 Å². The van der Waals surface area contributed by atoms with Crippen molar-refractivity contribution in [2.24, 2.45) is 0 Å². The number of carbonyl (C=O) groups excluding carboxylic acids is 2. The van der Waals surface area contributed by atoms with E-state index in [0.29, 0.717) is 13.0 Å². The van der Waals surface area contributed by atoms with Gasteiger partial charge < -0.3 is 9.90 Å². The molecule has 14 heavy (non-hydrogen) atoms. The fraction of sp³-hybridized carbons (Fsp3) is 0.750. The van der Waals surface area contributed by atoms with Crippen LogP contribution in [0.4, 0.5) is 0 Å². The average Bonchev–Trinajstić information content (AvgIpc) is 2.29. The third-order valence-electron chi connectivity index (χ3n) is 2.11. The molecular weight excluding hydrogens is 229 g/mol. The Kier molecular flexibility index (Phi) is 7.14. The van der Waals surface area contributed by atoms with E-state index in [0.717, 1.165) is 0 Å². The molecule has 4 nitrogen and oxygen atoms in total. The number of aliphatic carboxylic acids is 1. The Labute approximate surface area is 130 Å². The molecule has 1 aliphatic rings. The SMILES string of the molecule is CC(=O)S[C@H]1C[C@@H](C(=O)[O-])N(C)C1.[K+]. The molecule has 0 saturated carbocycles. The summed E-state index contributed by atoms with van der Waals surface area (Å²) >= 11 is 1.22. The number of rotatable bonds is 2. The van der Waals surface area contributed by atoms with Crippen molar-refractivity contribution in [1.29, 1.82) is 0 Å². The zero-order chi connectivity index (χ0) is 10.0. The normalized spacial score (nSPS) is 27.0. The third-order valence-corrected chi connectivity index (χ3v) is 3.12. The van der Waals surface area contributed by atoms with Gasteiger partial charge in [0.1, 0.15) is 0 Å². The maximum Gasteiger partial charge on any atom is 1.00 e. The number of carboxylic acid groups (broad SMARTS) is 1. The first-order chi connectivity index (χ1) is 6.00. The van der Waals surface area contributed by atoms with Crippen LogP contribution in [0.1, 0.15) is 13.3 Å². The summed E-state index contributed by atoms with van der Waals surface area (Å²) in [5, 5.41) is 10.7. The van der Waals surface area contributed by atoms with Gasteiger partial charge in [-0.3, -0.25) is 9.69 Å². The number of carbonyl (C=O) groups is 2. The largest absolute Gasteiger partial charge is 1.00 e. The number of carboxylic acids is 1. The molecule has 1 aliphatic heterocycles. The number of nitrogens with zero attached hydrogens (tertiary/aromatic N) is 1. The molecule has 0 aromatic rings. The minimum atomic E-state index is -1.05. The Morgan fingerprint density at radius 3 is 2.43 bits per heavy atom. The van der Waals surface area contributed by atoms with Crippen LogP contribution in [0.3, 0.4) is 0 Å². The molecule has 74 valence electrons. The number of hydrogen-bond donors (Lipinski definition) is 0. The van der Waals surface area contributed by atoms with Gasteiger partial charge in [-0.1, -0.05) is 11.8 Å². The molecule has 0 aliphatic carbocycles. The van der Waals surface area contributed by atoms with E-state index in [9.17, 15) is 14.7 Å². The molecule has 0 aromatic carbocycles. The Bertz CT molecular complexity index is 237. The van der Waals surface area contributed by atoms with Gasteiger partial charge in [-0.2, -0.15) is 0 Å². The zero-order valence-corrected chi connectivity index (χ0v) is 12.6. The molecule has 1 heterocycles. The molecule has 2 atom stereocenters. The van der Waals surface area contributed by atoms with Crippen LogP contribution in [-0.2, 0) is 9.59 Å². The number of thioether (sulfide) groups is 1. The van der Waals surface area contributed by atoms with E-state index in [2.05, 4.69) is 0 Å². The quantitative estimate of drug-likeness (QED) is 0.463. The van der Waals surface area contributed by atoms with E-state index in [4.69, 9.17) is 0 Å².